The van der Waals surface area contributed by atoms with Crippen LogP contribution in [-0.4, -0.2) is 41.5 Å². The SMILES string of the molecule is C=C1c2c(C)c(=O)cnn2C(C(c2ccccc2)c2ccccc2)CN1CCOC. The second-order valence-corrected chi connectivity index (χ2v) is 7.68. The zero-order chi connectivity index (χ0) is 21.1. The van der Waals surface area contributed by atoms with E-state index >= 15 is 0 Å². The second kappa shape index (κ2) is 8.67. The van der Waals surface area contributed by atoms with Gasteiger partial charge in [-0.2, -0.15) is 5.10 Å². The number of fused-ring (bicyclic) bond motifs is 1. The van der Waals surface area contributed by atoms with Gasteiger partial charge in [0.2, 0.25) is 5.43 Å². The molecule has 2 heterocycles. The second-order valence-electron chi connectivity index (χ2n) is 7.68. The summed E-state index contributed by atoms with van der Waals surface area (Å²) in [7, 11) is 1.70. The molecule has 0 fully saturated rings. The van der Waals surface area contributed by atoms with Crippen LogP contribution in [0.5, 0.6) is 0 Å². The van der Waals surface area contributed by atoms with E-state index in [1.807, 2.05) is 23.7 Å². The molecule has 4 rings (SSSR count). The van der Waals surface area contributed by atoms with Crippen molar-refractivity contribution in [1.29, 1.82) is 0 Å². The minimum Gasteiger partial charge on any atom is -0.383 e. The molecule has 0 aliphatic carbocycles. The summed E-state index contributed by atoms with van der Waals surface area (Å²) >= 11 is 0. The first kappa shape index (κ1) is 20.1. The number of methoxy groups -OCH3 is 1. The predicted molar refractivity (Wildman–Crippen MR) is 119 cm³/mol. The highest BCUT2D eigenvalue weighted by Gasteiger charge is 2.35. The molecule has 0 saturated heterocycles. The van der Waals surface area contributed by atoms with Crippen LogP contribution >= 0.6 is 0 Å². The lowest BCUT2D eigenvalue weighted by Crippen LogP contribution is -2.43. The Morgan fingerprint density at radius 3 is 2.27 bits per heavy atom. The van der Waals surface area contributed by atoms with Gasteiger partial charge in [0.1, 0.15) is 0 Å². The van der Waals surface area contributed by atoms with Gasteiger partial charge in [-0.1, -0.05) is 67.2 Å². The Hall–Kier alpha value is -3.18. The van der Waals surface area contributed by atoms with Crippen LogP contribution in [0.4, 0.5) is 0 Å². The first-order valence-corrected chi connectivity index (χ1v) is 10.2. The standard InChI is InChI=1S/C25H27N3O2/c1-18-23(29)16-26-28-22(17-27(14-15-30-3)19(2)25(18)28)24(20-10-6-4-7-11-20)21-12-8-5-9-13-21/h4-13,16,22,24H,2,14-15,17H2,1,3H3. The van der Waals surface area contributed by atoms with Crippen molar-refractivity contribution >= 4 is 5.70 Å². The molecular weight excluding hydrogens is 374 g/mol. The number of ether oxygens (including phenoxy) is 1. The molecule has 5 nitrogen and oxygen atoms in total. The van der Waals surface area contributed by atoms with E-state index in [0.29, 0.717) is 18.7 Å². The van der Waals surface area contributed by atoms with Gasteiger partial charge < -0.3 is 9.64 Å². The molecule has 1 atom stereocenters. The average Bonchev–Trinajstić information content (AvgIpc) is 2.78. The number of hydrogen-bond acceptors (Lipinski definition) is 4. The number of rotatable bonds is 6. The summed E-state index contributed by atoms with van der Waals surface area (Å²) < 4.78 is 7.34. The molecule has 1 aromatic heterocycles. The molecule has 1 unspecified atom stereocenters. The summed E-state index contributed by atoms with van der Waals surface area (Å²) in [6.45, 7) is 8.20. The first-order valence-electron chi connectivity index (χ1n) is 10.2. The Labute approximate surface area is 177 Å². The molecule has 0 amide bonds. The zero-order valence-electron chi connectivity index (χ0n) is 17.5. The molecule has 0 radical (unpaired) electrons. The van der Waals surface area contributed by atoms with Gasteiger partial charge in [-0.05, 0) is 18.1 Å². The molecule has 0 saturated carbocycles. The van der Waals surface area contributed by atoms with Crippen LogP contribution in [0.1, 0.15) is 34.3 Å². The number of nitrogens with zero attached hydrogens (tertiary/aromatic N) is 3. The third-order valence-corrected chi connectivity index (χ3v) is 5.90. The summed E-state index contributed by atoms with van der Waals surface area (Å²) in [5, 5.41) is 4.58. The normalized spacial score (nSPS) is 16.0. The van der Waals surface area contributed by atoms with Crippen LogP contribution in [0.3, 0.4) is 0 Å². The zero-order valence-corrected chi connectivity index (χ0v) is 17.5. The van der Waals surface area contributed by atoms with Crippen LogP contribution in [0.2, 0.25) is 0 Å². The van der Waals surface area contributed by atoms with Crippen molar-refractivity contribution in [3.63, 3.8) is 0 Å². The van der Waals surface area contributed by atoms with Crippen molar-refractivity contribution in [2.24, 2.45) is 0 Å². The Balaban J connectivity index is 1.90. The lowest BCUT2D eigenvalue weighted by molar-refractivity contribution is 0.156. The lowest BCUT2D eigenvalue weighted by Gasteiger charge is -2.42. The molecule has 5 heteroatoms. The molecule has 1 aliphatic heterocycles. The van der Waals surface area contributed by atoms with Gasteiger partial charge >= 0.3 is 0 Å². The molecule has 0 spiro atoms. The maximum absolute atomic E-state index is 12.4. The molecule has 1 aliphatic rings. The fourth-order valence-corrected chi connectivity index (χ4v) is 4.35. The van der Waals surface area contributed by atoms with Crippen LogP contribution < -0.4 is 5.43 Å². The number of benzene rings is 2. The Morgan fingerprint density at radius 2 is 1.70 bits per heavy atom. The first-order chi connectivity index (χ1) is 14.6. The van der Waals surface area contributed by atoms with Gasteiger partial charge in [-0.3, -0.25) is 9.48 Å². The molecule has 154 valence electrons. The summed E-state index contributed by atoms with van der Waals surface area (Å²) in [5.74, 6) is 0.0821. The van der Waals surface area contributed by atoms with Crippen molar-refractivity contribution in [2.45, 2.75) is 18.9 Å². The van der Waals surface area contributed by atoms with Crippen molar-refractivity contribution < 1.29 is 4.74 Å². The van der Waals surface area contributed by atoms with Gasteiger partial charge in [-0.15, -0.1) is 0 Å². The van der Waals surface area contributed by atoms with Crippen molar-refractivity contribution in [3.05, 3.63) is 106 Å². The van der Waals surface area contributed by atoms with Gasteiger partial charge in [0.15, 0.2) is 0 Å². The topological polar surface area (TPSA) is 47.4 Å². The Kier molecular flexibility index (Phi) is 5.81. The molecule has 30 heavy (non-hydrogen) atoms. The van der Waals surface area contributed by atoms with E-state index in [-0.39, 0.29) is 17.4 Å². The minimum atomic E-state index is -0.0642. The fraction of sp³-hybridized carbons (Fsp3) is 0.280. The van der Waals surface area contributed by atoms with Gasteiger partial charge in [-0.25, -0.2) is 0 Å². The van der Waals surface area contributed by atoms with E-state index in [1.165, 1.54) is 17.3 Å². The van der Waals surface area contributed by atoms with E-state index in [2.05, 4.69) is 65.1 Å². The highest BCUT2D eigenvalue weighted by atomic mass is 16.5. The quantitative estimate of drug-likeness (QED) is 0.629. The summed E-state index contributed by atoms with van der Waals surface area (Å²) in [4.78, 5) is 14.6. The summed E-state index contributed by atoms with van der Waals surface area (Å²) in [5.41, 5.74) is 4.69. The fourth-order valence-electron chi connectivity index (χ4n) is 4.35. The minimum absolute atomic E-state index is 0.00598. The molecule has 3 aromatic rings. The molecule has 0 bridgehead atoms. The average molecular weight is 402 g/mol. The molecule has 2 aromatic carbocycles. The van der Waals surface area contributed by atoms with Crippen molar-refractivity contribution in [3.8, 4) is 0 Å². The van der Waals surface area contributed by atoms with Crippen LogP contribution in [0.25, 0.3) is 5.70 Å². The van der Waals surface area contributed by atoms with Crippen LogP contribution in [0.15, 0.2) is 78.2 Å². The third kappa shape index (κ3) is 3.68. The number of aromatic nitrogens is 2. The van der Waals surface area contributed by atoms with Crippen LogP contribution in [0, 0.1) is 6.92 Å². The van der Waals surface area contributed by atoms with Crippen molar-refractivity contribution in [1.82, 2.24) is 14.7 Å². The van der Waals surface area contributed by atoms with E-state index < -0.39 is 0 Å². The lowest BCUT2D eigenvalue weighted by atomic mass is 9.83. The smallest absolute Gasteiger partial charge is 0.203 e. The summed E-state index contributed by atoms with van der Waals surface area (Å²) in [6.07, 6.45) is 1.43. The molecular formula is C25H27N3O2. The Morgan fingerprint density at radius 1 is 1.10 bits per heavy atom. The maximum Gasteiger partial charge on any atom is 0.203 e. The largest absolute Gasteiger partial charge is 0.383 e. The highest BCUT2D eigenvalue weighted by Crippen LogP contribution is 2.40. The van der Waals surface area contributed by atoms with E-state index in [1.54, 1.807) is 7.11 Å². The van der Waals surface area contributed by atoms with Gasteiger partial charge in [0.25, 0.3) is 0 Å². The predicted octanol–water partition coefficient (Wildman–Crippen LogP) is 3.86. The number of hydrogen-bond donors (Lipinski definition) is 0. The summed E-state index contributed by atoms with van der Waals surface area (Å²) in [6, 6.07) is 21.0. The maximum atomic E-state index is 12.4. The van der Waals surface area contributed by atoms with E-state index in [0.717, 1.165) is 17.9 Å². The highest BCUT2D eigenvalue weighted by molar-refractivity contribution is 5.63. The molecule has 0 N–H and O–H groups in total. The van der Waals surface area contributed by atoms with Crippen LogP contribution in [-0.2, 0) is 4.74 Å². The van der Waals surface area contributed by atoms with E-state index in [4.69, 9.17) is 4.74 Å². The Bertz CT molecular complexity index is 1040. The van der Waals surface area contributed by atoms with Crippen molar-refractivity contribution in [2.75, 3.05) is 26.8 Å². The van der Waals surface area contributed by atoms with Gasteiger partial charge in [0.05, 0.1) is 30.2 Å². The third-order valence-electron chi connectivity index (χ3n) is 5.90. The van der Waals surface area contributed by atoms with Gasteiger partial charge in [0, 0.05) is 31.7 Å². The monoisotopic (exact) mass is 401 g/mol. The van der Waals surface area contributed by atoms with E-state index in [9.17, 15) is 4.79 Å².